The van der Waals surface area contributed by atoms with Crippen molar-refractivity contribution in [2.75, 3.05) is 12.4 Å². The van der Waals surface area contributed by atoms with E-state index in [9.17, 15) is 0 Å². The highest BCUT2D eigenvalue weighted by atomic mass is 32.1. The molecule has 0 aliphatic carbocycles. The van der Waals surface area contributed by atoms with E-state index >= 15 is 0 Å². The highest BCUT2D eigenvalue weighted by Crippen LogP contribution is 2.13. The highest BCUT2D eigenvalue weighted by molar-refractivity contribution is 7.82. The predicted octanol–water partition coefficient (Wildman–Crippen LogP) is 3.65. The van der Waals surface area contributed by atoms with Crippen LogP contribution < -0.4 is 5.32 Å². The fraction of sp³-hybridized carbons (Fsp3) is 0.250. The van der Waals surface area contributed by atoms with E-state index in [0.29, 0.717) is 16.7 Å². The Morgan fingerprint density at radius 2 is 2.14 bits per heavy atom. The van der Waals surface area contributed by atoms with Crippen LogP contribution in [0, 0.1) is 5.92 Å². The number of anilines is 1. The number of allylic oxidation sites excluding steroid dienone is 1. The van der Waals surface area contributed by atoms with E-state index in [4.69, 9.17) is 12.2 Å². The van der Waals surface area contributed by atoms with Crippen LogP contribution in [0.2, 0.25) is 0 Å². The summed E-state index contributed by atoms with van der Waals surface area (Å²) < 4.78 is 0. The smallest absolute Gasteiger partial charge is 0.131 e. The van der Waals surface area contributed by atoms with Crippen LogP contribution in [-0.2, 0) is 0 Å². The standard InChI is InChI=1S/C16H18N4S/c1-11(2)4-6-14(17-3)16(21)20-15-7-5-12-10-18-9-8-13(12)19-15/h4-11H,1-3H3,(H,19,20,21)/b6-4-,17-14?. The molecular formula is C16H18N4S. The molecule has 0 aromatic carbocycles. The number of nitrogens with one attached hydrogen (secondary N) is 1. The van der Waals surface area contributed by atoms with Gasteiger partial charge < -0.3 is 5.32 Å². The normalized spacial score (nSPS) is 12.3. The molecule has 0 amide bonds. The summed E-state index contributed by atoms with van der Waals surface area (Å²) in [5, 5.41) is 4.12. The first-order valence-corrected chi connectivity index (χ1v) is 7.18. The van der Waals surface area contributed by atoms with Crippen molar-refractivity contribution in [3.8, 4) is 0 Å². The van der Waals surface area contributed by atoms with Gasteiger partial charge in [-0.2, -0.15) is 0 Å². The number of fused-ring (bicyclic) bond motifs is 1. The Labute approximate surface area is 130 Å². The fourth-order valence-electron chi connectivity index (χ4n) is 1.75. The minimum Gasteiger partial charge on any atom is -0.330 e. The molecule has 0 aliphatic rings. The quantitative estimate of drug-likeness (QED) is 0.691. The van der Waals surface area contributed by atoms with Gasteiger partial charge in [-0.25, -0.2) is 4.98 Å². The molecule has 2 aromatic rings. The number of aromatic nitrogens is 2. The van der Waals surface area contributed by atoms with Crippen LogP contribution in [0.25, 0.3) is 10.9 Å². The van der Waals surface area contributed by atoms with E-state index in [1.807, 2.05) is 24.3 Å². The molecule has 2 heterocycles. The molecule has 0 bridgehead atoms. The summed E-state index contributed by atoms with van der Waals surface area (Å²) in [5.41, 5.74) is 1.63. The van der Waals surface area contributed by atoms with Gasteiger partial charge in [0.05, 0.1) is 11.2 Å². The Morgan fingerprint density at radius 1 is 1.33 bits per heavy atom. The van der Waals surface area contributed by atoms with Gasteiger partial charge in [0, 0.05) is 24.8 Å². The monoisotopic (exact) mass is 298 g/mol. The molecule has 108 valence electrons. The molecule has 4 nitrogen and oxygen atoms in total. The molecule has 2 rings (SSSR count). The largest absolute Gasteiger partial charge is 0.330 e. The van der Waals surface area contributed by atoms with Crippen LogP contribution in [0.3, 0.4) is 0 Å². The number of thiocarbonyl (C=S) groups is 1. The Hall–Kier alpha value is -2.14. The van der Waals surface area contributed by atoms with Gasteiger partial charge in [-0.05, 0) is 30.2 Å². The van der Waals surface area contributed by atoms with Crippen molar-refractivity contribution in [1.29, 1.82) is 0 Å². The molecule has 1 N–H and O–H groups in total. The molecule has 2 aromatic heterocycles. The highest BCUT2D eigenvalue weighted by Gasteiger charge is 2.05. The van der Waals surface area contributed by atoms with Gasteiger partial charge in [0.2, 0.25) is 0 Å². The Bertz CT molecular complexity index is 704. The number of hydrogen-bond donors (Lipinski definition) is 1. The average molecular weight is 298 g/mol. The molecule has 0 radical (unpaired) electrons. The Kier molecular flexibility index (Phi) is 5.11. The zero-order chi connectivity index (χ0) is 15.2. The van der Waals surface area contributed by atoms with Crippen molar-refractivity contribution in [3.05, 3.63) is 42.7 Å². The second-order valence-electron chi connectivity index (χ2n) is 4.93. The van der Waals surface area contributed by atoms with Crippen molar-refractivity contribution in [3.63, 3.8) is 0 Å². The Morgan fingerprint density at radius 3 is 2.86 bits per heavy atom. The van der Waals surface area contributed by atoms with Crippen LogP contribution in [-0.4, -0.2) is 27.7 Å². The van der Waals surface area contributed by atoms with E-state index in [1.54, 1.807) is 19.4 Å². The van der Waals surface area contributed by atoms with Crippen molar-refractivity contribution >= 4 is 39.6 Å². The lowest BCUT2D eigenvalue weighted by atomic mass is 10.2. The molecule has 0 atom stereocenters. The lowest BCUT2D eigenvalue weighted by molar-refractivity contribution is 0.833. The number of aliphatic imine (C=N–C) groups is 1. The fourth-order valence-corrected chi connectivity index (χ4v) is 2.01. The third kappa shape index (κ3) is 4.16. The molecule has 5 heteroatoms. The number of pyridine rings is 2. The second-order valence-corrected chi connectivity index (χ2v) is 5.34. The number of rotatable bonds is 4. The van der Waals surface area contributed by atoms with Crippen molar-refractivity contribution in [1.82, 2.24) is 9.97 Å². The third-order valence-corrected chi connectivity index (χ3v) is 3.15. The van der Waals surface area contributed by atoms with E-state index in [1.165, 1.54) is 0 Å². The second kappa shape index (κ2) is 7.04. The predicted molar refractivity (Wildman–Crippen MR) is 93.1 cm³/mol. The maximum atomic E-state index is 5.39. The Balaban J connectivity index is 2.17. The minimum absolute atomic E-state index is 0.454. The zero-order valence-corrected chi connectivity index (χ0v) is 13.2. The summed E-state index contributed by atoms with van der Waals surface area (Å²) in [4.78, 5) is 13.4. The molecule has 0 unspecified atom stereocenters. The summed E-state index contributed by atoms with van der Waals surface area (Å²) in [6.45, 7) is 4.22. The van der Waals surface area contributed by atoms with Gasteiger partial charge in [-0.3, -0.25) is 9.98 Å². The van der Waals surface area contributed by atoms with Crippen LogP contribution in [0.4, 0.5) is 5.82 Å². The number of nitrogens with zero attached hydrogens (tertiary/aromatic N) is 3. The van der Waals surface area contributed by atoms with E-state index in [-0.39, 0.29) is 0 Å². The first-order valence-electron chi connectivity index (χ1n) is 6.77. The van der Waals surface area contributed by atoms with Gasteiger partial charge in [0.1, 0.15) is 10.8 Å². The van der Waals surface area contributed by atoms with E-state index in [2.05, 4.69) is 40.2 Å². The lowest BCUT2D eigenvalue weighted by Gasteiger charge is -2.08. The van der Waals surface area contributed by atoms with Crippen LogP contribution in [0.1, 0.15) is 13.8 Å². The summed E-state index contributed by atoms with van der Waals surface area (Å²) in [6, 6.07) is 5.72. The molecular weight excluding hydrogens is 280 g/mol. The topological polar surface area (TPSA) is 50.2 Å². The first-order chi connectivity index (χ1) is 10.1. The van der Waals surface area contributed by atoms with Crippen molar-refractivity contribution in [2.45, 2.75) is 13.8 Å². The van der Waals surface area contributed by atoms with Crippen LogP contribution in [0.15, 0.2) is 47.7 Å². The van der Waals surface area contributed by atoms with Gasteiger partial charge in [0.15, 0.2) is 0 Å². The molecule has 0 fully saturated rings. The maximum absolute atomic E-state index is 5.39. The van der Waals surface area contributed by atoms with Crippen LogP contribution in [0.5, 0.6) is 0 Å². The zero-order valence-electron chi connectivity index (χ0n) is 12.4. The van der Waals surface area contributed by atoms with Crippen LogP contribution >= 0.6 is 12.2 Å². The average Bonchev–Trinajstić information content (AvgIpc) is 2.47. The van der Waals surface area contributed by atoms with Crippen molar-refractivity contribution < 1.29 is 0 Å². The van der Waals surface area contributed by atoms with Gasteiger partial charge in [0.25, 0.3) is 0 Å². The minimum atomic E-state index is 0.454. The summed E-state index contributed by atoms with van der Waals surface area (Å²) in [5.74, 6) is 1.16. The summed E-state index contributed by atoms with van der Waals surface area (Å²) in [6.07, 6.45) is 7.51. The third-order valence-electron chi connectivity index (χ3n) is 2.84. The van der Waals surface area contributed by atoms with Gasteiger partial charge in [-0.1, -0.05) is 32.1 Å². The molecule has 0 saturated heterocycles. The molecule has 21 heavy (non-hydrogen) atoms. The molecule has 0 spiro atoms. The summed E-state index contributed by atoms with van der Waals surface area (Å²) >= 11 is 5.39. The lowest BCUT2D eigenvalue weighted by Crippen LogP contribution is -2.19. The molecule has 0 saturated carbocycles. The first kappa shape index (κ1) is 15.3. The molecule has 0 aliphatic heterocycles. The van der Waals surface area contributed by atoms with E-state index in [0.717, 1.165) is 16.6 Å². The van der Waals surface area contributed by atoms with Gasteiger partial charge in [-0.15, -0.1) is 0 Å². The summed E-state index contributed by atoms with van der Waals surface area (Å²) in [7, 11) is 1.73. The SMILES string of the molecule is CN=C(/C=C\C(C)C)C(=S)Nc1ccc2cnccc2n1. The number of hydrogen-bond acceptors (Lipinski definition) is 4. The van der Waals surface area contributed by atoms with Gasteiger partial charge >= 0.3 is 0 Å². The van der Waals surface area contributed by atoms with Crippen molar-refractivity contribution in [2.24, 2.45) is 10.9 Å². The maximum Gasteiger partial charge on any atom is 0.131 e. The van der Waals surface area contributed by atoms with E-state index < -0.39 is 0 Å².